The van der Waals surface area contributed by atoms with Crippen molar-refractivity contribution in [2.75, 3.05) is 5.32 Å². The second-order valence-corrected chi connectivity index (χ2v) is 6.96. The Hall–Kier alpha value is -2.80. The number of rotatable bonds is 3. The van der Waals surface area contributed by atoms with E-state index >= 15 is 0 Å². The van der Waals surface area contributed by atoms with Crippen LogP contribution in [-0.4, -0.2) is 17.0 Å². The molecule has 6 nitrogen and oxygen atoms in total. The quantitative estimate of drug-likeness (QED) is 0.615. The molecule has 0 saturated heterocycles. The van der Waals surface area contributed by atoms with Gasteiger partial charge in [0.2, 0.25) is 0 Å². The Kier molecular flexibility index (Phi) is 4.99. The molecule has 3 rings (SSSR count). The number of hydrogen-bond donors (Lipinski definition) is 4. The van der Waals surface area contributed by atoms with E-state index in [0.29, 0.717) is 22.5 Å². The van der Waals surface area contributed by atoms with Crippen molar-refractivity contribution in [3.8, 4) is 5.75 Å². The number of carbonyl (C=O) groups is 2. The third kappa shape index (κ3) is 3.57. The number of nitrogens with one attached hydrogen (secondary N) is 3. The van der Waals surface area contributed by atoms with Gasteiger partial charge in [-0.15, -0.1) is 0 Å². The van der Waals surface area contributed by atoms with Crippen LogP contribution in [0.25, 0.3) is 0 Å². The first-order valence-electron chi connectivity index (χ1n) is 8.00. The van der Waals surface area contributed by atoms with Crippen LogP contribution in [0.3, 0.4) is 0 Å². The Morgan fingerprint density at radius 2 is 1.92 bits per heavy atom. The molecule has 1 aliphatic heterocycles. The minimum Gasteiger partial charge on any atom is -0.508 e. The zero-order valence-corrected chi connectivity index (χ0v) is 15.8. The topological polar surface area (TPSA) is 90.5 Å². The highest BCUT2D eigenvalue weighted by molar-refractivity contribution is 9.10. The molecule has 26 heavy (non-hydrogen) atoms. The molecule has 0 saturated carbocycles. The number of aryl methyl sites for hydroxylation is 1. The Morgan fingerprint density at radius 1 is 1.19 bits per heavy atom. The van der Waals surface area contributed by atoms with Gasteiger partial charge in [0.25, 0.3) is 5.91 Å². The summed E-state index contributed by atoms with van der Waals surface area (Å²) in [7, 11) is 0. The average Bonchev–Trinajstić information content (AvgIpc) is 2.58. The lowest BCUT2D eigenvalue weighted by atomic mass is 9.94. The summed E-state index contributed by atoms with van der Waals surface area (Å²) in [5, 5.41) is 18.5. The molecule has 2 aromatic carbocycles. The van der Waals surface area contributed by atoms with Crippen molar-refractivity contribution < 1.29 is 14.7 Å². The van der Waals surface area contributed by atoms with E-state index in [1.54, 1.807) is 19.1 Å². The van der Waals surface area contributed by atoms with Gasteiger partial charge in [0, 0.05) is 21.4 Å². The van der Waals surface area contributed by atoms with Gasteiger partial charge in [-0.25, -0.2) is 4.79 Å². The van der Waals surface area contributed by atoms with Crippen LogP contribution in [0.15, 0.2) is 58.2 Å². The third-order valence-corrected chi connectivity index (χ3v) is 4.70. The molecule has 7 heteroatoms. The van der Waals surface area contributed by atoms with Gasteiger partial charge >= 0.3 is 6.03 Å². The van der Waals surface area contributed by atoms with Crippen LogP contribution in [0.5, 0.6) is 5.75 Å². The molecule has 0 fully saturated rings. The summed E-state index contributed by atoms with van der Waals surface area (Å²) < 4.78 is 0.731. The Bertz CT molecular complexity index is 924. The molecule has 0 aromatic heterocycles. The molecular weight excluding hydrogens is 398 g/mol. The minimum absolute atomic E-state index is 0.00519. The first-order valence-corrected chi connectivity index (χ1v) is 8.80. The molecule has 2 aromatic rings. The number of para-hydroxylation sites is 1. The maximum absolute atomic E-state index is 13.0. The van der Waals surface area contributed by atoms with Crippen LogP contribution in [0.2, 0.25) is 0 Å². The van der Waals surface area contributed by atoms with Gasteiger partial charge in [0.15, 0.2) is 0 Å². The monoisotopic (exact) mass is 415 g/mol. The highest BCUT2D eigenvalue weighted by atomic mass is 79.9. The number of aromatic hydroxyl groups is 1. The van der Waals surface area contributed by atoms with E-state index in [4.69, 9.17) is 0 Å². The summed E-state index contributed by atoms with van der Waals surface area (Å²) in [5.41, 5.74) is 2.81. The minimum atomic E-state index is -0.773. The number of halogens is 1. The van der Waals surface area contributed by atoms with Gasteiger partial charge in [0.1, 0.15) is 5.75 Å². The summed E-state index contributed by atoms with van der Waals surface area (Å²) in [6.45, 7) is 3.56. The van der Waals surface area contributed by atoms with Crippen LogP contribution in [-0.2, 0) is 4.79 Å². The molecule has 0 spiro atoms. The molecule has 1 unspecified atom stereocenters. The highest BCUT2D eigenvalue weighted by Crippen LogP contribution is 2.34. The molecule has 0 radical (unpaired) electrons. The van der Waals surface area contributed by atoms with E-state index in [1.807, 2.05) is 31.2 Å². The molecule has 1 heterocycles. The fourth-order valence-corrected chi connectivity index (χ4v) is 3.27. The molecule has 1 atom stereocenters. The van der Waals surface area contributed by atoms with Crippen molar-refractivity contribution >= 4 is 33.6 Å². The summed E-state index contributed by atoms with van der Waals surface area (Å²) in [6.07, 6.45) is 0. The van der Waals surface area contributed by atoms with Crippen molar-refractivity contribution in [3.05, 3.63) is 69.3 Å². The predicted octanol–water partition coefficient (Wildman–Crippen LogP) is 3.73. The standard InChI is InChI=1S/C19H18BrN3O3/c1-10-5-3-4-6-14(10)22-18(25)16-11(2)21-19(26)23-17(16)13-9-12(20)7-8-15(13)24/h3-9,17,24H,1-2H3,(H,22,25)(H2,21,23,26). The SMILES string of the molecule is CC1=C(C(=O)Nc2ccccc2C)C(c2cc(Br)ccc2O)NC(=O)N1. The maximum Gasteiger partial charge on any atom is 0.319 e. The van der Waals surface area contributed by atoms with Crippen molar-refractivity contribution in [2.45, 2.75) is 19.9 Å². The number of carbonyl (C=O) groups excluding carboxylic acids is 2. The second kappa shape index (κ2) is 7.21. The number of urea groups is 1. The fraction of sp³-hybridized carbons (Fsp3) is 0.158. The zero-order valence-electron chi connectivity index (χ0n) is 14.3. The van der Waals surface area contributed by atoms with Crippen LogP contribution >= 0.6 is 15.9 Å². The normalized spacial score (nSPS) is 16.7. The summed E-state index contributed by atoms with van der Waals surface area (Å²) in [4.78, 5) is 24.9. The van der Waals surface area contributed by atoms with Gasteiger partial charge in [-0.3, -0.25) is 4.79 Å². The molecule has 1 aliphatic rings. The molecular formula is C19H18BrN3O3. The lowest BCUT2D eigenvalue weighted by Crippen LogP contribution is -2.46. The van der Waals surface area contributed by atoms with Crippen LogP contribution in [0.4, 0.5) is 10.5 Å². The van der Waals surface area contributed by atoms with E-state index in [1.165, 1.54) is 6.07 Å². The number of benzene rings is 2. The Morgan fingerprint density at radius 3 is 2.65 bits per heavy atom. The molecule has 4 N–H and O–H groups in total. The number of phenolic OH excluding ortho intramolecular Hbond substituents is 1. The highest BCUT2D eigenvalue weighted by Gasteiger charge is 2.33. The molecule has 0 aliphatic carbocycles. The van der Waals surface area contributed by atoms with E-state index in [9.17, 15) is 14.7 Å². The van der Waals surface area contributed by atoms with Gasteiger partial charge < -0.3 is 21.1 Å². The number of phenols is 1. The first kappa shape index (κ1) is 18.0. The Balaban J connectivity index is 2.02. The summed E-state index contributed by atoms with van der Waals surface area (Å²) >= 11 is 3.36. The predicted molar refractivity (Wildman–Crippen MR) is 103 cm³/mol. The van der Waals surface area contributed by atoms with Crippen LogP contribution in [0, 0.1) is 6.92 Å². The molecule has 134 valence electrons. The van der Waals surface area contributed by atoms with Crippen molar-refractivity contribution in [2.24, 2.45) is 0 Å². The van der Waals surface area contributed by atoms with Gasteiger partial charge in [-0.2, -0.15) is 0 Å². The van der Waals surface area contributed by atoms with Gasteiger partial charge in [-0.1, -0.05) is 34.1 Å². The van der Waals surface area contributed by atoms with E-state index in [0.717, 1.165) is 10.0 Å². The third-order valence-electron chi connectivity index (χ3n) is 4.21. The lowest BCUT2D eigenvalue weighted by molar-refractivity contribution is -0.113. The van der Waals surface area contributed by atoms with E-state index in [-0.39, 0.29) is 11.7 Å². The largest absolute Gasteiger partial charge is 0.508 e. The van der Waals surface area contributed by atoms with Crippen molar-refractivity contribution in [1.82, 2.24) is 10.6 Å². The maximum atomic E-state index is 13.0. The second-order valence-electron chi connectivity index (χ2n) is 6.04. The summed E-state index contributed by atoms with van der Waals surface area (Å²) in [6, 6.07) is 11.1. The van der Waals surface area contributed by atoms with E-state index in [2.05, 4.69) is 31.9 Å². The van der Waals surface area contributed by atoms with Crippen LogP contribution < -0.4 is 16.0 Å². The smallest absolute Gasteiger partial charge is 0.319 e. The number of anilines is 1. The van der Waals surface area contributed by atoms with Crippen molar-refractivity contribution in [3.63, 3.8) is 0 Å². The van der Waals surface area contributed by atoms with E-state index < -0.39 is 12.1 Å². The van der Waals surface area contributed by atoms with Gasteiger partial charge in [-0.05, 0) is 43.7 Å². The Labute approximate surface area is 159 Å². The van der Waals surface area contributed by atoms with Crippen molar-refractivity contribution in [1.29, 1.82) is 0 Å². The fourth-order valence-electron chi connectivity index (χ4n) is 2.89. The average molecular weight is 416 g/mol. The lowest BCUT2D eigenvalue weighted by Gasteiger charge is -2.29. The zero-order chi connectivity index (χ0) is 18.8. The number of amides is 3. The molecule has 0 bridgehead atoms. The first-order chi connectivity index (χ1) is 12.4. The molecule has 3 amide bonds. The summed E-state index contributed by atoms with van der Waals surface area (Å²) in [5.74, 6) is -0.358. The van der Waals surface area contributed by atoms with Crippen LogP contribution in [0.1, 0.15) is 24.1 Å². The van der Waals surface area contributed by atoms with Gasteiger partial charge in [0.05, 0.1) is 11.6 Å². The number of allylic oxidation sites excluding steroid dienone is 1. The number of hydrogen-bond acceptors (Lipinski definition) is 3.